The Labute approximate surface area is 429 Å². The Balaban J connectivity index is 0.864. The van der Waals surface area contributed by atoms with E-state index in [0.29, 0.717) is 0 Å². The van der Waals surface area contributed by atoms with Gasteiger partial charge in [-0.2, -0.15) is 0 Å². The molecule has 0 fully saturated rings. The Morgan fingerprint density at radius 2 is 0.905 bits per heavy atom. The zero-order valence-electron chi connectivity index (χ0n) is 40.4. The summed E-state index contributed by atoms with van der Waals surface area (Å²) in [5, 5.41) is 7.07. The van der Waals surface area contributed by atoms with Gasteiger partial charge in [0.2, 0.25) is 0 Å². The number of benzene rings is 12. The van der Waals surface area contributed by atoms with Crippen LogP contribution >= 0.6 is 0 Å². The van der Waals surface area contributed by atoms with E-state index in [2.05, 4.69) is 276 Å². The second kappa shape index (κ2) is 16.7. The predicted molar refractivity (Wildman–Crippen MR) is 308 cm³/mol. The first-order valence-corrected chi connectivity index (χ1v) is 25.5. The first-order chi connectivity index (χ1) is 36.7. The van der Waals surface area contributed by atoms with Crippen LogP contribution in [0.3, 0.4) is 0 Å². The number of hydrogen-bond donors (Lipinski definition) is 0. The van der Waals surface area contributed by atoms with Gasteiger partial charge >= 0.3 is 0 Å². The molecule has 3 nitrogen and oxygen atoms in total. The number of para-hydroxylation sites is 2. The highest BCUT2D eigenvalue weighted by molar-refractivity contribution is 6.12. The van der Waals surface area contributed by atoms with Crippen LogP contribution in [0.25, 0.3) is 93.6 Å². The SMILES string of the molecule is c1ccc(C2(c3ccccc3)c3ccccc3-c3ccc(N(c4ccc(-c5ccccc5-c5ccc6c(c5)c5ccccc5n6-c5ccc6oc7ccccc7c6c5)cc4)c4cccc5ccccc45)cc32)cc1. The monoisotopic (exact) mass is 942 g/mol. The minimum atomic E-state index is -0.524. The molecular formula is C71H46N2O. The molecule has 15 rings (SSSR count). The van der Waals surface area contributed by atoms with Crippen molar-refractivity contribution in [3.63, 3.8) is 0 Å². The molecule has 3 heteroatoms. The summed E-state index contributed by atoms with van der Waals surface area (Å²) in [6.07, 6.45) is 0. The average molecular weight is 943 g/mol. The highest BCUT2D eigenvalue weighted by Crippen LogP contribution is 2.57. The van der Waals surface area contributed by atoms with Crippen molar-refractivity contribution >= 4 is 71.6 Å². The summed E-state index contributed by atoms with van der Waals surface area (Å²) >= 11 is 0. The van der Waals surface area contributed by atoms with Gasteiger partial charge in [-0.05, 0) is 134 Å². The van der Waals surface area contributed by atoms with Gasteiger partial charge in [-0.3, -0.25) is 0 Å². The molecule has 0 unspecified atom stereocenters. The first kappa shape index (κ1) is 42.0. The molecule has 2 aromatic heterocycles. The number of rotatable bonds is 8. The molecule has 0 bridgehead atoms. The molecule has 0 saturated carbocycles. The topological polar surface area (TPSA) is 21.3 Å². The Morgan fingerprint density at radius 1 is 0.324 bits per heavy atom. The molecule has 0 atom stereocenters. The van der Waals surface area contributed by atoms with E-state index in [-0.39, 0.29) is 0 Å². The molecule has 0 saturated heterocycles. The van der Waals surface area contributed by atoms with Crippen LogP contribution in [-0.4, -0.2) is 4.57 Å². The standard InChI is InChI=1S/C71H46N2O/c1-3-20-50(21-4-1)71(51-22-5-2-6-23-51)64-30-14-11-27-58(64)59-41-39-54(46-65(59)71)72(66-32-17-19-47-18-7-8-26-57(47)66)52-37-34-48(35-38-52)55-24-9-10-25-56(55)49-36-42-68-62(44-49)60-28-12-15-31-67(60)73(68)53-40-43-70-63(45-53)61-29-13-16-33-69(61)74-70/h1-46H. The molecule has 74 heavy (non-hydrogen) atoms. The quantitative estimate of drug-likeness (QED) is 0.151. The van der Waals surface area contributed by atoms with E-state index in [0.717, 1.165) is 55.8 Å². The van der Waals surface area contributed by atoms with E-state index in [1.165, 1.54) is 77.1 Å². The van der Waals surface area contributed by atoms with Crippen LogP contribution in [0.4, 0.5) is 17.1 Å². The van der Waals surface area contributed by atoms with Crippen molar-refractivity contribution in [2.24, 2.45) is 0 Å². The van der Waals surface area contributed by atoms with Crippen LogP contribution in [0.15, 0.2) is 283 Å². The zero-order chi connectivity index (χ0) is 48.7. The molecular weight excluding hydrogens is 897 g/mol. The number of aromatic nitrogens is 1. The first-order valence-electron chi connectivity index (χ1n) is 25.5. The van der Waals surface area contributed by atoms with Gasteiger partial charge in [0.05, 0.1) is 22.1 Å². The molecule has 0 aliphatic heterocycles. The summed E-state index contributed by atoms with van der Waals surface area (Å²) in [5.41, 5.74) is 20.3. The van der Waals surface area contributed by atoms with Crippen LogP contribution < -0.4 is 4.90 Å². The van der Waals surface area contributed by atoms with Crippen molar-refractivity contribution < 1.29 is 4.42 Å². The summed E-state index contributed by atoms with van der Waals surface area (Å²) in [6, 6.07) is 102. The maximum atomic E-state index is 6.23. The van der Waals surface area contributed by atoms with E-state index >= 15 is 0 Å². The number of fused-ring (bicyclic) bond motifs is 10. The summed E-state index contributed by atoms with van der Waals surface area (Å²) in [4.78, 5) is 2.46. The maximum absolute atomic E-state index is 6.23. The smallest absolute Gasteiger partial charge is 0.135 e. The maximum Gasteiger partial charge on any atom is 0.135 e. The van der Waals surface area contributed by atoms with Crippen molar-refractivity contribution in [2.45, 2.75) is 5.41 Å². The fourth-order valence-electron chi connectivity index (χ4n) is 12.5. The van der Waals surface area contributed by atoms with Gasteiger partial charge < -0.3 is 13.9 Å². The van der Waals surface area contributed by atoms with Crippen LogP contribution in [0.5, 0.6) is 0 Å². The lowest BCUT2D eigenvalue weighted by Crippen LogP contribution is -2.28. The Kier molecular flexibility index (Phi) is 9.48. The van der Waals surface area contributed by atoms with Crippen LogP contribution in [0.1, 0.15) is 22.3 Å². The molecule has 346 valence electrons. The highest BCUT2D eigenvalue weighted by Gasteiger charge is 2.46. The van der Waals surface area contributed by atoms with Gasteiger partial charge in [0.1, 0.15) is 11.2 Å². The minimum Gasteiger partial charge on any atom is -0.456 e. The minimum absolute atomic E-state index is 0.524. The number of nitrogens with zero attached hydrogens (tertiary/aromatic N) is 2. The van der Waals surface area contributed by atoms with Gasteiger partial charge in [0.25, 0.3) is 0 Å². The Hall–Kier alpha value is -9.70. The molecule has 0 spiro atoms. The molecule has 0 radical (unpaired) electrons. The van der Waals surface area contributed by atoms with Crippen LogP contribution in [0, 0.1) is 0 Å². The molecule has 1 aliphatic carbocycles. The number of anilines is 3. The lowest BCUT2D eigenvalue weighted by molar-refractivity contribution is 0.669. The van der Waals surface area contributed by atoms with Crippen molar-refractivity contribution in [3.8, 4) is 39.1 Å². The fraction of sp³-hybridized carbons (Fsp3) is 0.0141. The summed E-state index contributed by atoms with van der Waals surface area (Å²) < 4.78 is 8.63. The van der Waals surface area contributed by atoms with E-state index < -0.39 is 5.41 Å². The summed E-state index contributed by atoms with van der Waals surface area (Å²) in [5.74, 6) is 0. The second-order valence-electron chi connectivity index (χ2n) is 19.5. The Bertz CT molecular complexity index is 4440. The van der Waals surface area contributed by atoms with E-state index in [4.69, 9.17) is 4.42 Å². The largest absolute Gasteiger partial charge is 0.456 e. The third-order valence-electron chi connectivity index (χ3n) is 15.7. The second-order valence-corrected chi connectivity index (χ2v) is 19.5. The van der Waals surface area contributed by atoms with Gasteiger partial charge in [0, 0.05) is 44.0 Å². The zero-order valence-corrected chi connectivity index (χ0v) is 40.4. The van der Waals surface area contributed by atoms with Crippen molar-refractivity contribution in [1.29, 1.82) is 0 Å². The normalized spacial score (nSPS) is 12.7. The molecule has 14 aromatic rings. The molecule has 12 aromatic carbocycles. The van der Waals surface area contributed by atoms with Crippen molar-refractivity contribution in [2.75, 3.05) is 4.90 Å². The fourth-order valence-corrected chi connectivity index (χ4v) is 12.5. The van der Waals surface area contributed by atoms with Crippen molar-refractivity contribution in [1.82, 2.24) is 4.57 Å². The third kappa shape index (κ3) is 6.33. The van der Waals surface area contributed by atoms with Crippen LogP contribution in [0.2, 0.25) is 0 Å². The molecule has 1 aliphatic rings. The Morgan fingerprint density at radius 3 is 1.70 bits per heavy atom. The van der Waals surface area contributed by atoms with E-state index in [9.17, 15) is 0 Å². The third-order valence-corrected chi connectivity index (χ3v) is 15.7. The van der Waals surface area contributed by atoms with Gasteiger partial charge in [-0.25, -0.2) is 0 Å². The summed E-state index contributed by atoms with van der Waals surface area (Å²) in [6.45, 7) is 0. The highest BCUT2D eigenvalue weighted by atomic mass is 16.3. The molecule has 2 heterocycles. The summed E-state index contributed by atoms with van der Waals surface area (Å²) in [7, 11) is 0. The van der Waals surface area contributed by atoms with Crippen molar-refractivity contribution in [3.05, 3.63) is 301 Å². The molecule has 0 N–H and O–H groups in total. The van der Waals surface area contributed by atoms with Gasteiger partial charge in [0.15, 0.2) is 0 Å². The van der Waals surface area contributed by atoms with Gasteiger partial charge in [-0.1, -0.05) is 206 Å². The van der Waals surface area contributed by atoms with E-state index in [1.807, 2.05) is 12.1 Å². The lowest BCUT2D eigenvalue weighted by atomic mass is 9.67. The van der Waals surface area contributed by atoms with Crippen LogP contribution in [-0.2, 0) is 5.41 Å². The molecule has 0 amide bonds. The lowest BCUT2D eigenvalue weighted by Gasteiger charge is -2.35. The van der Waals surface area contributed by atoms with E-state index in [1.54, 1.807) is 0 Å². The number of furan rings is 1. The predicted octanol–water partition coefficient (Wildman–Crippen LogP) is 19.0. The average Bonchev–Trinajstić information content (AvgIpc) is 4.17. The number of hydrogen-bond acceptors (Lipinski definition) is 2. The van der Waals surface area contributed by atoms with Gasteiger partial charge in [-0.15, -0.1) is 0 Å².